The van der Waals surface area contributed by atoms with Crippen LogP contribution in [0, 0.1) is 0 Å². The van der Waals surface area contributed by atoms with Crippen LogP contribution in [0.1, 0.15) is 25.3 Å². The van der Waals surface area contributed by atoms with Gasteiger partial charge in [0, 0.05) is 18.6 Å². The number of carboxylic acids is 1. The van der Waals surface area contributed by atoms with E-state index in [1.54, 1.807) is 0 Å². The molecular formula is C18H27N3O4. The molecule has 0 atom stereocenters. The molecule has 1 saturated carbocycles. The standard InChI is InChI=1S/C18H27N3O4/c1-2-21(12-17(22)23)16-10-15(11-16)20-18(24)19-8-9-25-13-14-6-4-3-5-7-14/h3-7,15-16H,2,8-13H2,1H3,(H,22,23)(H2,19,20,24). The van der Waals surface area contributed by atoms with Crippen molar-refractivity contribution in [3.63, 3.8) is 0 Å². The van der Waals surface area contributed by atoms with Gasteiger partial charge in [-0.2, -0.15) is 0 Å². The fraction of sp³-hybridized carbons (Fsp3) is 0.556. The van der Waals surface area contributed by atoms with Gasteiger partial charge in [0.05, 0.1) is 19.8 Å². The zero-order chi connectivity index (χ0) is 18.1. The predicted molar refractivity (Wildman–Crippen MR) is 94.3 cm³/mol. The topological polar surface area (TPSA) is 90.9 Å². The second-order valence-corrected chi connectivity index (χ2v) is 6.22. The van der Waals surface area contributed by atoms with E-state index in [9.17, 15) is 9.59 Å². The monoisotopic (exact) mass is 349 g/mol. The number of hydrogen-bond donors (Lipinski definition) is 3. The van der Waals surface area contributed by atoms with Crippen LogP contribution in [-0.2, 0) is 16.1 Å². The number of aliphatic carboxylic acids is 1. The zero-order valence-electron chi connectivity index (χ0n) is 14.6. The molecule has 1 aliphatic carbocycles. The number of carbonyl (C=O) groups is 2. The number of nitrogens with zero attached hydrogens (tertiary/aromatic N) is 1. The Morgan fingerprint density at radius 1 is 1.28 bits per heavy atom. The summed E-state index contributed by atoms with van der Waals surface area (Å²) < 4.78 is 5.51. The number of ether oxygens (including phenoxy) is 1. The van der Waals surface area contributed by atoms with Crippen molar-refractivity contribution >= 4 is 12.0 Å². The van der Waals surface area contributed by atoms with Crippen LogP contribution >= 0.6 is 0 Å². The Balaban J connectivity index is 1.52. The van der Waals surface area contributed by atoms with E-state index < -0.39 is 5.97 Å². The van der Waals surface area contributed by atoms with Crippen molar-refractivity contribution in [2.75, 3.05) is 26.2 Å². The average molecular weight is 349 g/mol. The maximum Gasteiger partial charge on any atom is 0.317 e. The molecule has 0 spiro atoms. The van der Waals surface area contributed by atoms with E-state index in [0.29, 0.717) is 26.3 Å². The van der Waals surface area contributed by atoms with Gasteiger partial charge < -0.3 is 20.5 Å². The van der Waals surface area contributed by atoms with Gasteiger partial charge in [-0.3, -0.25) is 9.69 Å². The van der Waals surface area contributed by atoms with Crippen molar-refractivity contribution in [1.82, 2.24) is 15.5 Å². The van der Waals surface area contributed by atoms with E-state index in [1.807, 2.05) is 42.2 Å². The van der Waals surface area contributed by atoms with Crippen LogP contribution in [-0.4, -0.2) is 60.3 Å². The fourth-order valence-electron chi connectivity index (χ4n) is 2.91. The molecule has 2 amide bonds. The lowest BCUT2D eigenvalue weighted by molar-refractivity contribution is -0.139. The summed E-state index contributed by atoms with van der Waals surface area (Å²) in [5, 5.41) is 14.6. The summed E-state index contributed by atoms with van der Waals surface area (Å²) >= 11 is 0. The second-order valence-electron chi connectivity index (χ2n) is 6.22. The molecule has 0 saturated heterocycles. The maximum absolute atomic E-state index is 11.8. The molecular weight excluding hydrogens is 322 g/mol. The molecule has 0 aromatic heterocycles. The second kappa shape index (κ2) is 10.0. The molecule has 3 N–H and O–H groups in total. The number of carbonyl (C=O) groups excluding carboxylic acids is 1. The van der Waals surface area contributed by atoms with Gasteiger partial charge in [-0.25, -0.2) is 4.79 Å². The van der Waals surface area contributed by atoms with Crippen molar-refractivity contribution < 1.29 is 19.4 Å². The molecule has 25 heavy (non-hydrogen) atoms. The first-order valence-electron chi connectivity index (χ1n) is 8.70. The van der Waals surface area contributed by atoms with E-state index in [-0.39, 0.29) is 24.7 Å². The first-order valence-corrected chi connectivity index (χ1v) is 8.70. The van der Waals surface area contributed by atoms with Crippen LogP contribution in [0.3, 0.4) is 0 Å². The lowest BCUT2D eigenvalue weighted by Crippen LogP contribution is -2.56. The number of benzene rings is 1. The van der Waals surface area contributed by atoms with Gasteiger partial charge in [0.1, 0.15) is 0 Å². The maximum atomic E-state index is 11.8. The number of nitrogens with one attached hydrogen (secondary N) is 2. The van der Waals surface area contributed by atoms with Gasteiger partial charge in [0.15, 0.2) is 0 Å². The minimum absolute atomic E-state index is 0.0544. The molecule has 138 valence electrons. The number of carboxylic acid groups (broad SMARTS) is 1. The lowest BCUT2D eigenvalue weighted by Gasteiger charge is -2.42. The summed E-state index contributed by atoms with van der Waals surface area (Å²) in [5.41, 5.74) is 1.11. The molecule has 1 fully saturated rings. The van der Waals surface area contributed by atoms with Gasteiger partial charge >= 0.3 is 12.0 Å². The quantitative estimate of drug-likeness (QED) is 0.556. The van der Waals surface area contributed by atoms with E-state index >= 15 is 0 Å². The molecule has 0 heterocycles. The Morgan fingerprint density at radius 2 is 2.00 bits per heavy atom. The SMILES string of the molecule is CCN(CC(=O)O)C1CC(NC(=O)NCCOCc2ccccc2)C1. The molecule has 7 heteroatoms. The first-order chi connectivity index (χ1) is 12.1. The first kappa shape index (κ1) is 19.2. The van der Waals surface area contributed by atoms with Gasteiger partial charge in [-0.1, -0.05) is 37.3 Å². The zero-order valence-corrected chi connectivity index (χ0v) is 14.6. The number of amides is 2. The number of rotatable bonds is 10. The summed E-state index contributed by atoms with van der Waals surface area (Å²) in [5.74, 6) is -0.813. The highest BCUT2D eigenvalue weighted by Gasteiger charge is 2.34. The van der Waals surface area contributed by atoms with Gasteiger partial charge in [-0.05, 0) is 24.9 Å². The molecule has 0 bridgehead atoms. The highest BCUT2D eigenvalue weighted by molar-refractivity contribution is 5.74. The normalized spacial score (nSPS) is 19.3. The minimum atomic E-state index is -0.813. The van der Waals surface area contributed by atoms with Gasteiger partial charge in [0.25, 0.3) is 0 Å². The molecule has 0 radical (unpaired) electrons. The molecule has 1 aromatic carbocycles. The van der Waals surface area contributed by atoms with Gasteiger partial charge in [0.2, 0.25) is 0 Å². The van der Waals surface area contributed by atoms with Crippen LogP contribution in [0.15, 0.2) is 30.3 Å². The van der Waals surface area contributed by atoms with Crippen molar-refractivity contribution in [3.8, 4) is 0 Å². The lowest BCUT2D eigenvalue weighted by atomic mass is 9.85. The van der Waals surface area contributed by atoms with E-state index in [4.69, 9.17) is 9.84 Å². The Labute approximate surface area is 148 Å². The number of urea groups is 1. The molecule has 0 unspecified atom stereocenters. The summed E-state index contributed by atoms with van der Waals surface area (Å²) in [6.45, 7) is 4.15. The highest BCUT2D eigenvalue weighted by atomic mass is 16.5. The smallest absolute Gasteiger partial charge is 0.317 e. The van der Waals surface area contributed by atoms with Crippen molar-refractivity contribution in [3.05, 3.63) is 35.9 Å². The molecule has 1 aromatic rings. The highest BCUT2D eigenvalue weighted by Crippen LogP contribution is 2.25. The van der Waals surface area contributed by atoms with Crippen molar-refractivity contribution in [2.24, 2.45) is 0 Å². The van der Waals surface area contributed by atoms with Crippen molar-refractivity contribution in [1.29, 1.82) is 0 Å². The summed E-state index contributed by atoms with van der Waals surface area (Å²) in [7, 11) is 0. The molecule has 1 aliphatic rings. The van der Waals surface area contributed by atoms with Crippen LogP contribution in [0.2, 0.25) is 0 Å². The minimum Gasteiger partial charge on any atom is -0.480 e. The van der Waals surface area contributed by atoms with E-state index in [0.717, 1.165) is 18.4 Å². The third-order valence-corrected chi connectivity index (χ3v) is 4.35. The summed E-state index contributed by atoms with van der Waals surface area (Å²) in [6.07, 6.45) is 1.58. The summed E-state index contributed by atoms with van der Waals surface area (Å²) in [4.78, 5) is 24.5. The molecule has 7 nitrogen and oxygen atoms in total. The predicted octanol–water partition coefficient (Wildman–Crippen LogP) is 1.44. The van der Waals surface area contributed by atoms with E-state index in [2.05, 4.69) is 10.6 Å². The number of hydrogen-bond acceptors (Lipinski definition) is 4. The van der Waals surface area contributed by atoms with Gasteiger partial charge in [-0.15, -0.1) is 0 Å². The average Bonchev–Trinajstić information content (AvgIpc) is 2.56. The Kier molecular flexibility index (Phi) is 7.69. The summed E-state index contributed by atoms with van der Waals surface area (Å²) in [6, 6.07) is 10.0. The Hall–Kier alpha value is -2.12. The fourth-order valence-corrected chi connectivity index (χ4v) is 2.91. The third kappa shape index (κ3) is 6.72. The van der Waals surface area contributed by atoms with Crippen LogP contribution in [0.25, 0.3) is 0 Å². The van der Waals surface area contributed by atoms with Crippen LogP contribution < -0.4 is 10.6 Å². The number of likely N-dealkylation sites (N-methyl/N-ethyl adjacent to an activating group) is 1. The van der Waals surface area contributed by atoms with Crippen LogP contribution in [0.4, 0.5) is 4.79 Å². The van der Waals surface area contributed by atoms with Crippen molar-refractivity contribution in [2.45, 2.75) is 38.5 Å². The Morgan fingerprint density at radius 3 is 2.64 bits per heavy atom. The molecule has 2 rings (SSSR count). The Bertz CT molecular complexity index is 547. The molecule has 0 aliphatic heterocycles. The van der Waals surface area contributed by atoms with E-state index in [1.165, 1.54) is 0 Å². The largest absolute Gasteiger partial charge is 0.480 e. The third-order valence-electron chi connectivity index (χ3n) is 4.35. The van der Waals surface area contributed by atoms with Crippen LogP contribution in [0.5, 0.6) is 0 Å².